The van der Waals surface area contributed by atoms with Crippen LogP contribution in [0.1, 0.15) is 41.6 Å². The summed E-state index contributed by atoms with van der Waals surface area (Å²) < 4.78 is 28.3. The first kappa shape index (κ1) is 18.5. The first-order valence-corrected chi connectivity index (χ1v) is 8.78. The Balaban J connectivity index is 2.15. The average Bonchev–Trinajstić information content (AvgIpc) is 2.62. The Labute approximate surface area is 155 Å². The Kier molecular flexibility index (Phi) is 5.10. The summed E-state index contributed by atoms with van der Waals surface area (Å²) in [6.45, 7) is 0. The molecule has 3 nitrogen and oxygen atoms in total. The molecule has 1 saturated carbocycles. The zero-order valence-corrected chi connectivity index (χ0v) is 15.0. The maximum atomic E-state index is 14.1. The van der Waals surface area contributed by atoms with Crippen LogP contribution < -0.4 is 0 Å². The summed E-state index contributed by atoms with van der Waals surface area (Å²) in [5.41, 5.74) is -1.51. The van der Waals surface area contributed by atoms with Gasteiger partial charge in [0.1, 0.15) is 22.7 Å². The average molecular weight is 378 g/mol. The van der Waals surface area contributed by atoms with Crippen molar-refractivity contribution >= 4 is 23.3 Å². The first-order chi connectivity index (χ1) is 12.4. The normalized spacial score (nSPS) is 20.1. The minimum atomic E-state index is -1.33. The van der Waals surface area contributed by atoms with Gasteiger partial charge in [0.05, 0.1) is 0 Å². The molecule has 0 N–H and O–H groups in total. The molecule has 2 aromatic carbocycles. The lowest BCUT2D eigenvalue weighted by molar-refractivity contribution is -0.132. The van der Waals surface area contributed by atoms with Crippen molar-refractivity contribution < 1.29 is 18.4 Å². The Morgan fingerprint density at radius 1 is 1.08 bits per heavy atom. The van der Waals surface area contributed by atoms with Gasteiger partial charge in [0.25, 0.3) is 5.91 Å². The molecule has 0 saturated heterocycles. The zero-order valence-electron chi connectivity index (χ0n) is 14.3. The number of benzene rings is 2. The van der Waals surface area contributed by atoms with Crippen LogP contribution >= 0.6 is 11.6 Å². The number of amides is 1. The molecule has 1 aliphatic carbocycles. The van der Waals surface area contributed by atoms with E-state index in [4.69, 9.17) is 11.6 Å². The van der Waals surface area contributed by atoms with Gasteiger partial charge in [-0.05, 0) is 37.5 Å². The number of halogens is 3. The largest absolute Gasteiger partial charge is 0.325 e. The molecule has 0 unspecified atom stereocenters. The summed E-state index contributed by atoms with van der Waals surface area (Å²) >= 11 is 6.33. The van der Waals surface area contributed by atoms with E-state index in [1.807, 2.05) is 0 Å². The Hall–Kier alpha value is -2.27. The SMILES string of the molecule is CN(C(=O)c1c(F)cccc1F)[C@]1(c2ccccc2Cl)CCCCC1=O. The third-order valence-electron chi connectivity index (χ3n) is 5.03. The molecule has 1 aliphatic rings. The fourth-order valence-corrected chi connectivity index (χ4v) is 3.96. The molecular formula is C20H18ClF2NO2. The lowest BCUT2D eigenvalue weighted by Gasteiger charge is -2.44. The van der Waals surface area contributed by atoms with Crippen LogP contribution in [0.15, 0.2) is 42.5 Å². The summed E-state index contributed by atoms with van der Waals surface area (Å²) in [7, 11) is 1.40. The van der Waals surface area contributed by atoms with Gasteiger partial charge in [0.15, 0.2) is 5.78 Å². The number of hydrogen-bond donors (Lipinski definition) is 0. The van der Waals surface area contributed by atoms with Crippen LogP contribution in [0.2, 0.25) is 5.02 Å². The quantitative estimate of drug-likeness (QED) is 0.775. The molecule has 1 amide bonds. The maximum absolute atomic E-state index is 14.1. The van der Waals surface area contributed by atoms with Gasteiger partial charge < -0.3 is 4.90 Å². The van der Waals surface area contributed by atoms with Gasteiger partial charge in [0.2, 0.25) is 0 Å². The highest BCUT2D eigenvalue weighted by molar-refractivity contribution is 6.31. The van der Waals surface area contributed by atoms with Gasteiger partial charge in [-0.2, -0.15) is 0 Å². The fraction of sp³-hybridized carbons (Fsp3) is 0.300. The van der Waals surface area contributed by atoms with Crippen LogP contribution in [0.5, 0.6) is 0 Å². The molecule has 136 valence electrons. The zero-order chi connectivity index (χ0) is 18.9. The predicted molar refractivity (Wildman–Crippen MR) is 95.1 cm³/mol. The molecule has 0 spiro atoms. The molecule has 0 aromatic heterocycles. The number of carbonyl (C=O) groups is 2. The van der Waals surface area contributed by atoms with Gasteiger partial charge in [-0.15, -0.1) is 0 Å². The van der Waals surface area contributed by atoms with Gasteiger partial charge in [-0.3, -0.25) is 9.59 Å². The van der Waals surface area contributed by atoms with E-state index in [2.05, 4.69) is 0 Å². The van der Waals surface area contributed by atoms with Crippen LogP contribution in [0, 0.1) is 11.6 Å². The van der Waals surface area contributed by atoms with Crippen molar-refractivity contribution in [2.75, 3.05) is 7.05 Å². The minimum absolute atomic E-state index is 0.176. The summed E-state index contributed by atoms with van der Waals surface area (Å²) in [4.78, 5) is 27.1. The van der Waals surface area contributed by atoms with Crippen molar-refractivity contribution in [1.82, 2.24) is 4.90 Å². The smallest absolute Gasteiger partial charge is 0.260 e. The van der Waals surface area contributed by atoms with Gasteiger partial charge in [-0.1, -0.05) is 35.9 Å². The van der Waals surface area contributed by atoms with Crippen molar-refractivity contribution in [3.8, 4) is 0 Å². The highest BCUT2D eigenvalue weighted by Gasteiger charge is 2.48. The topological polar surface area (TPSA) is 37.4 Å². The lowest BCUT2D eigenvalue weighted by Crippen LogP contribution is -2.54. The number of carbonyl (C=O) groups excluding carboxylic acids is 2. The van der Waals surface area contributed by atoms with E-state index in [0.717, 1.165) is 17.0 Å². The molecule has 0 aliphatic heterocycles. The van der Waals surface area contributed by atoms with E-state index in [1.54, 1.807) is 24.3 Å². The highest BCUT2D eigenvalue weighted by atomic mass is 35.5. The Morgan fingerprint density at radius 2 is 1.73 bits per heavy atom. The van der Waals surface area contributed by atoms with Crippen molar-refractivity contribution in [1.29, 1.82) is 0 Å². The van der Waals surface area contributed by atoms with Crippen molar-refractivity contribution in [2.45, 2.75) is 31.2 Å². The molecule has 0 radical (unpaired) electrons. The molecule has 6 heteroatoms. The maximum Gasteiger partial charge on any atom is 0.260 e. The van der Waals surface area contributed by atoms with Gasteiger partial charge >= 0.3 is 0 Å². The third kappa shape index (κ3) is 2.90. The van der Waals surface area contributed by atoms with E-state index in [9.17, 15) is 18.4 Å². The van der Waals surface area contributed by atoms with Crippen molar-refractivity contribution in [2.24, 2.45) is 0 Å². The van der Waals surface area contributed by atoms with Crippen LogP contribution in [0.25, 0.3) is 0 Å². The number of Topliss-reactive ketones (excluding diaryl/α,β-unsaturated/α-hetero) is 1. The van der Waals surface area contributed by atoms with Crippen LogP contribution in [-0.4, -0.2) is 23.6 Å². The number of ketones is 1. The second-order valence-corrected chi connectivity index (χ2v) is 6.84. The Bertz CT molecular complexity index is 850. The molecule has 3 rings (SSSR count). The second kappa shape index (κ2) is 7.16. The molecule has 1 fully saturated rings. The summed E-state index contributed by atoms with van der Waals surface area (Å²) in [6, 6.07) is 10.0. The second-order valence-electron chi connectivity index (χ2n) is 6.43. The van der Waals surface area contributed by atoms with E-state index in [1.165, 1.54) is 13.1 Å². The molecule has 2 aromatic rings. The molecule has 1 atom stereocenters. The summed E-state index contributed by atoms with van der Waals surface area (Å²) in [5.74, 6) is -2.97. The summed E-state index contributed by atoms with van der Waals surface area (Å²) in [6.07, 6.45) is 2.05. The van der Waals surface area contributed by atoms with E-state index >= 15 is 0 Å². The molecular weight excluding hydrogens is 360 g/mol. The van der Waals surface area contributed by atoms with Crippen molar-refractivity contribution in [3.63, 3.8) is 0 Å². The monoisotopic (exact) mass is 377 g/mol. The van der Waals surface area contributed by atoms with Gasteiger partial charge in [0, 0.05) is 24.1 Å². The highest BCUT2D eigenvalue weighted by Crippen LogP contribution is 2.43. The van der Waals surface area contributed by atoms with E-state index in [0.29, 0.717) is 29.8 Å². The lowest BCUT2D eigenvalue weighted by atomic mass is 9.74. The molecule has 26 heavy (non-hydrogen) atoms. The van der Waals surface area contributed by atoms with E-state index in [-0.39, 0.29) is 12.2 Å². The van der Waals surface area contributed by atoms with Crippen LogP contribution in [0.3, 0.4) is 0 Å². The van der Waals surface area contributed by atoms with E-state index < -0.39 is 28.6 Å². The standard InChI is InChI=1S/C20H18ClF2NO2/c1-24(19(26)18-15(22)9-6-10-16(18)23)20(12-5-4-11-17(20)25)13-7-2-3-8-14(13)21/h2-3,6-10H,4-5,11-12H2,1H3/t20-/m0/s1. The number of rotatable bonds is 3. The van der Waals surface area contributed by atoms with Crippen LogP contribution in [-0.2, 0) is 10.3 Å². The number of hydrogen-bond acceptors (Lipinski definition) is 2. The van der Waals surface area contributed by atoms with Crippen LogP contribution in [0.4, 0.5) is 8.78 Å². The van der Waals surface area contributed by atoms with Gasteiger partial charge in [-0.25, -0.2) is 8.78 Å². The minimum Gasteiger partial charge on any atom is -0.325 e. The first-order valence-electron chi connectivity index (χ1n) is 8.40. The Morgan fingerprint density at radius 3 is 2.35 bits per heavy atom. The number of likely N-dealkylation sites (N-methyl/N-ethyl adjacent to an activating group) is 1. The van der Waals surface area contributed by atoms with Crippen molar-refractivity contribution in [3.05, 3.63) is 70.2 Å². The number of nitrogens with zero attached hydrogens (tertiary/aromatic N) is 1. The third-order valence-corrected chi connectivity index (χ3v) is 5.36. The summed E-state index contributed by atoms with van der Waals surface area (Å²) in [5, 5.41) is 0.344. The molecule has 0 bridgehead atoms. The predicted octanol–water partition coefficient (Wildman–Crippen LogP) is 4.73. The fourth-order valence-electron chi connectivity index (χ4n) is 3.67. The molecule has 0 heterocycles.